The van der Waals surface area contributed by atoms with Gasteiger partial charge in [-0.15, -0.1) is 0 Å². The number of hydrogen-bond acceptors (Lipinski definition) is 3. The van der Waals surface area contributed by atoms with Crippen molar-refractivity contribution in [1.29, 1.82) is 0 Å². The standard InChI is InChI=1S/C13H16N2O/c1-15-6-2-3-9-7-11-10(8-12(9)15)13(16)4-5-14-11/h7-8,14H,2-6H2,1H3. The molecule has 2 aliphatic heterocycles. The molecule has 3 rings (SSSR count). The number of Topliss-reactive ketones (excluding diaryl/α,β-unsaturated/α-hetero) is 1. The van der Waals surface area contributed by atoms with E-state index in [4.69, 9.17) is 0 Å². The molecule has 0 spiro atoms. The van der Waals surface area contributed by atoms with E-state index in [9.17, 15) is 4.79 Å². The molecule has 16 heavy (non-hydrogen) atoms. The van der Waals surface area contributed by atoms with E-state index in [1.54, 1.807) is 0 Å². The zero-order valence-electron chi connectivity index (χ0n) is 9.55. The fourth-order valence-corrected chi connectivity index (χ4v) is 2.64. The number of benzene rings is 1. The summed E-state index contributed by atoms with van der Waals surface area (Å²) >= 11 is 0. The van der Waals surface area contributed by atoms with Crippen molar-refractivity contribution in [3.05, 3.63) is 23.3 Å². The summed E-state index contributed by atoms with van der Waals surface area (Å²) in [6.07, 6.45) is 2.95. The third-order valence-corrected chi connectivity index (χ3v) is 3.54. The number of hydrogen-bond donors (Lipinski definition) is 1. The van der Waals surface area contributed by atoms with Crippen LogP contribution in [0.15, 0.2) is 12.1 Å². The molecule has 0 radical (unpaired) electrons. The second kappa shape index (κ2) is 3.51. The third-order valence-electron chi connectivity index (χ3n) is 3.54. The van der Waals surface area contributed by atoms with E-state index in [0.29, 0.717) is 6.42 Å². The number of anilines is 2. The van der Waals surface area contributed by atoms with Crippen molar-refractivity contribution in [3.8, 4) is 0 Å². The first-order chi connectivity index (χ1) is 7.75. The highest BCUT2D eigenvalue weighted by Crippen LogP contribution is 2.33. The molecular weight excluding hydrogens is 200 g/mol. The van der Waals surface area contributed by atoms with Crippen molar-refractivity contribution in [2.45, 2.75) is 19.3 Å². The lowest BCUT2D eigenvalue weighted by molar-refractivity contribution is 0.0984. The lowest BCUT2D eigenvalue weighted by Crippen LogP contribution is -2.26. The van der Waals surface area contributed by atoms with Crippen LogP contribution < -0.4 is 10.2 Å². The van der Waals surface area contributed by atoms with E-state index < -0.39 is 0 Å². The monoisotopic (exact) mass is 216 g/mol. The Bertz CT molecular complexity index is 453. The zero-order chi connectivity index (χ0) is 11.1. The summed E-state index contributed by atoms with van der Waals surface area (Å²) in [5.74, 6) is 0.274. The molecule has 2 heterocycles. The minimum Gasteiger partial charge on any atom is -0.384 e. The molecule has 0 saturated heterocycles. The normalized spacial score (nSPS) is 18.8. The molecule has 3 nitrogen and oxygen atoms in total. The van der Waals surface area contributed by atoms with E-state index in [2.05, 4.69) is 29.4 Å². The van der Waals surface area contributed by atoms with Crippen LogP contribution in [0.25, 0.3) is 0 Å². The SMILES string of the molecule is CN1CCCc2cc3c(cc21)C(=O)CCN3. The Labute approximate surface area is 95.4 Å². The van der Waals surface area contributed by atoms with Gasteiger partial charge in [-0.2, -0.15) is 0 Å². The van der Waals surface area contributed by atoms with Gasteiger partial charge in [0, 0.05) is 43.5 Å². The second-order valence-electron chi connectivity index (χ2n) is 4.65. The summed E-state index contributed by atoms with van der Waals surface area (Å²) in [6, 6.07) is 4.23. The van der Waals surface area contributed by atoms with E-state index in [-0.39, 0.29) is 5.78 Å². The lowest BCUT2D eigenvalue weighted by atomic mass is 9.94. The number of nitrogens with zero attached hydrogens (tertiary/aromatic N) is 1. The minimum absolute atomic E-state index is 0.274. The molecule has 0 atom stereocenters. The van der Waals surface area contributed by atoms with Gasteiger partial charge in [-0.1, -0.05) is 0 Å². The van der Waals surface area contributed by atoms with Gasteiger partial charge in [-0.3, -0.25) is 4.79 Å². The fourth-order valence-electron chi connectivity index (χ4n) is 2.64. The van der Waals surface area contributed by atoms with Crippen LogP contribution >= 0.6 is 0 Å². The predicted molar refractivity (Wildman–Crippen MR) is 65.5 cm³/mol. The van der Waals surface area contributed by atoms with Gasteiger partial charge in [0.2, 0.25) is 0 Å². The molecule has 0 fully saturated rings. The van der Waals surface area contributed by atoms with Crippen LogP contribution in [0.5, 0.6) is 0 Å². The Balaban J connectivity index is 2.14. The molecule has 0 saturated carbocycles. The molecule has 1 aromatic rings. The lowest BCUT2D eigenvalue weighted by Gasteiger charge is -2.30. The number of carbonyl (C=O) groups is 1. The number of carbonyl (C=O) groups excluding carboxylic acids is 1. The van der Waals surface area contributed by atoms with Crippen LogP contribution in [0, 0.1) is 0 Å². The summed E-state index contributed by atoms with van der Waals surface area (Å²) in [5.41, 5.74) is 4.51. The number of fused-ring (bicyclic) bond motifs is 2. The van der Waals surface area contributed by atoms with Crippen molar-refractivity contribution in [1.82, 2.24) is 0 Å². The molecule has 0 amide bonds. The first-order valence-corrected chi connectivity index (χ1v) is 5.91. The maximum atomic E-state index is 11.8. The van der Waals surface area contributed by atoms with E-state index >= 15 is 0 Å². The summed E-state index contributed by atoms with van der Waals surface area (Å²) in [5, 5.41) is 3.32. The Morgan fingerprint density at radius 2 is 2.19 bits per heavy atom. The van der Waals surface area contributed by atoms with Crippen LogP contribution in [-0.4, -0.2) is 25.9 Å². The number of ketones is 1. The Morgan fingerprint density at radius 1 is 1.31 bits per heavy atom. The van der Waals surface area contributed by atoms with Gasteiger partial charge >= 0.3 is 0 Å². The van der Waals surface area contributed by atoms with Crippen molar-refractivity contribution >= 4 is 17.2 Å². The summed E-state index contributed by atoms with van der Waals surface area (Å²) < 4.78 is 0. The maximum absolute atomic E-state index is 11.8. The number of aryl methyl sites for hydroxylation is 1. The Kier molecular flexibility index (Phi) is 2.13. The van der Waals surface area contributed by atoms with Crippen LogP contribution in [0.4, 0.5) is 11.4 Å². The highest BCUT2D eigenvalue weighted by atomic mass is 16.1. The molecule has 1 aromatic carbocycles. The average molecular weight is 216 g/mol. The highest BCUT2D eigenvalue weighted by molar-refractivity contribution is 6.04. The first kappa shape index (κ1) is 9.70. The molecule has 0 unspecified atom stereocenters. The zero-order valence-corrected chi connectivity index (χ0v) is 9.55. The topological polar surface area (TPSA) is 32.3 Å². The summed E-state index contributed by atoms with van der Waals surface area (Å²) in [7, 11) is 2.10. The second-order valence-corrected chi connectivity index (χ2v) is 4.65. The molecule has 3 heteroatoms. The van der Waals surface area contributed by atoms with Crippen LogP contribution in [-0.2, 0) is 6.42 Å². The van der Waals surface area contributed by atoms with E-state index in [1.165, 1.54) is 17.7 Å². The molecule has 0 aromatic heterocycles. The van der Waals surface area contributed by atoms with Gasteiger partial charge in [0.15, 0.2) is 5.78 Å². The van der Waals surface area contributed by atoms with Crippen molar-refractivity contribution in [2.24, 2.45) is 0 Å². The van der Waals surface area contributed by atoms with Crippen LogP contribution in [0.2, 0.25) is 0 Å². The van der Waals surface area contributed by atoms with Crippen LogP contribution in [0.1, 0.15) is 28.8 Å². The number of rotatable bonds is 0. The van der Waals surface area contributed by atoms with Crippen molar-refractivity contribution < 1.29 is 4.79 Å². The smallest absolute Gasteiger partial charge is 0.166 e. The Hall–Kier alpha value is -1.51. The number of nitrogens with one attached hydrogen (secondary N) is 1. The van der Waals surface area contributed by atoms with Gasteiger partial charge in [0.25, 0.3) is 0 Å². The van der Waals surface area contributed by atoms with Crippen molar-refractivity contribution in [3.63, 3.8) is 0 Å². The first-order valence-electron chi connectivity index (χ1n) is 5.91. The quantitative estimate of drug-likeness (QED) is 0.720. The molecule has 0 bridgehead atoms. The Morgan fingerprint density at radius 3 is 3.06 bits per heavy atom. The van der Waals surface area contributed by atoms with Gasteiger partial charge in [-0.05, 0) is 30.5 Å². The minimum atomic E-state index is 0.274. The molecule has 0 aliphatic carbocycles. The highest BCUT2D eigenvalue weighted by Gasteiger charge is 2.22. The summed E-state index contributed by atoms with van der Waals surface area (Å²) in [6.45, 7) is 1.87. The van der Waals surface area contributed by atoms with Crippen molar-refractivity contribution in [2.75, 3.05) is 30.4 Å². The predicted octanol–water partition coefficient (Wildman–Crippen LogP) is 2.07. The fraction of sp³-hybridized carbons (Fsp3) is 0.462. The van der Waals surface area contributed by atoms with Gasteiger partial charge in [0.05, 0.1) is 0 Å². The van der Waals surface area contributed by atoms with E-state index in [1.807, 2.05) is 0 Å². The van der Waals surface area contributed by atoms with E-state index in [0.717, 1.165) is 30.8 Å². The molecule has 84 valence electrons. The van der Waals surface area contributed by atoms with Gasteiger partial charge < -0.3 is 10.2 Å². The largest absolute Gasteiger partial charge is 0.384 e. The third kappa shape index (κ3) is 1.39. The van der Waals surface area contributed by atoms with Gasteiger partial charge in [-0.25, -0.2) is 0 Å². The average Bonchev–Trinajstić information content (AvgIpc) is 2.28. The molecular formula is C13H16N2O. The van der Waals surface area contributed by atoms with Gasteiger partial charge in [0.1, 0.15) is 0 Å². The molecule has 2 aliphatic rings. The molecule has 1 N–H and O–H groups in total. The van der Waals surface area contributed by atoms with Crippen LogP contribution in [0.3, 0.4) is 0 Å². The maximum Gasteiger partial charge on any atom is 0.166 e. The summed E-state index contributed by atoms with van der Waals surface area (Å²) in [4.78, 5) is 14.1.